The molecule has 0 radical (unpaired) electrons. The first-order valence-corrected chi connectivity index (χ1v) is 12.7. The molecule has 0 unspecified atom stereocenters. The molecule has 2 saturated carbocycles. The minimum absolute atomic E-state index is 0.294. The first kappa shape index (κ1) is 19.2. The maximum absolute atomic E-state index is 14.3. The molecule has 29 heavy (non-hydrogen) atoms. The summed E-state index contributed by atoms with van der Waals surface area (Å²) < 4.78 is 26.3. The third-order valence-corrected chi connectivity index (χ3v) is 10.8. The fourth-order valence-corrected chi connectivity index (χ4v) is 7.41. The molecule has 2 aromatic carbocycles. The van der Waals surface area contributed by atoms with E-state index in [1.54, 1.807) is 7.11 Å². The first-order chi connectivity index (χ1) is 13.8. The van der Waals surface area contributed by atoms with Crippen LogP contribution in [0.5, 0.6) is 11.5 Å². The second kappa shape index (κ2) is 6.38. The zero-order valence-electron chi connectivity index (χ0n) is 18.2. The van der Waals surface area contributed by atoms with Gasteiger partial charge in [0.1, 0.15) is 17.8 Å². The average molecular weight is 410 g/mol. The van der Waals surface area contributed by atoms with Crippen molar-refractivity contribution in [1.82, 2.24) is 0 Å². The monoisotopic (exact) mass is 410 g/mol. The Morgan fingerprint density at radius 3 is 2.31 bits per heavy atom. The van der Waals surface area contributed by atoms with Crippen LogP contribution in [0.3, 0.4) is 0 Å². The van der Waals surface area contributed by atoms with Gasteiger partial charge < -0.3 is 14.0 Å². The van der Waals surface area contributed by atoms with Gasteiger partial charge in [0.25, 0.3) is 0 Å². The lowest BCUT2D eigenvalue weighted by Crippen LogP contribution is -2.23. The highest BCUT2D eigenvalue weighted by molar-refractivity contribution is 7.73. The summed E-state index contributed by atoms with van der Waals surface area (Å²) in [6.45, 7) is 8.44. The molecule has 0 saturated heterocycles. The van der Waals surface area contributed by atoms with Gasteiger partial charge in [-0.25, -0.2) is 0 Å². The van der Waals surface area contributed by atoms with Crippen LogP contribution >= 0.6 is 7.14 Å². The highest BCUT2D eigenvalue weighted by atomic mass is 31.2. The van der Waals surface area contributed by atoms with E-state index in [0.29, 0.717) is 18.2 Å². The SMILES string of the molecule is COc1c(C2CC2)cc(C2CC2)c(C)c1-c1cccc2c1[P@](=O)(C(C)(C)C)CO2. The normalized spacial score (nSPS) is 23.6. The Morgan fingerprint density at radius 1 is 1.07 bits per heavy atom. The maximum atomic E-state index is 14.3. The van der Waals surface area contributed by atoms with Crippen LogP contribution in [0.25, 0.3) is 11.1 Å². The summed E-state index contributed by atoms with van der Waals surface area (Å²) in [4.78, 5) is 0. The van der Waals surface area contributed by atoms with Gasteiger partial charge in [0.2, 0.25) is 0 Å². The van der Waals surface area contributed by atoms with Crippen molar-refractivity contribution in [3.63, 3.8) is 0 Å². The Labute approximate surface area is 174 Å². The van der Waals surface area contributed by atoms with Crippen LogP contribution in [0.2, 0.25) is 0 Å². The maximum Gasteiger partial charge on any atom is 0.160 e. The molecular weight excluding hydrogens is 379 g/mol. The second-order valence-corrected chi connectivity index (χ2v) is 13.5. The highest BCUT2D eigenvalue weighted by Gasteiger charge is 2.47. The van der Waals surface area contributed by atoms with Gasteiger partial charge in [0, 0.05) is 16.3 Å². The zero-order valence-corrected chi connectivity index (χ0v) is 19.1. The molecule has 0 bridgehead atoms. The van der Waals surface area contributed by atoms with Crippen molar-refractivity contribution in [3.05, 3.63) is 41.0 Å². The van der Waals surface area contributed by atoms with Crippen molar-refractivity contribution in [2.75, 3.05) is 13.5 Å². The van der Waals surface area contributed by atoms with Crippen molar-refractivity contribution in [3.8, 4) is 22.6 Å². The quantitative estimate of drug-likeness (QED) is 0.535. The lowest BCUT2D eigenvalue weighted by atomic mass is 9.89. The summed E-state index contributed by atoms with van der Waals surface area (Å²) in [6.07, 6.45) is 5.31. The predicted octanol–water partition coefficient (Wildman–Crippen LogP) is 6.56. The number of rotatable bonds is 4. The van der Waals surface area contributed by atoms with Crippen LogP contribution in [-0.4, -0.2) is 18.6 Å². The minimum Gasteiger partial charge on any atom is -0.496 e. The number of benzene rings is 2. The summed E-state index contributed by atoms with van der Waals surface area (Å²) in [5.74, 6) is 3.03. The molecule has 2 fully saturated rings. The molecule has 1 heterocycles. The Hall–Kier alpha value is -1.73. The van der Waals surface area contributed by atoms with E-state index < -0.39 is 7.14 Å². The number of fused-ring (bicyclic) bond motifs is 1. The van der Waals surface area contributed by atoms with Gasteiger partial charge >= 0.3 is 0 Å². The summed E-state index contributed by atoms with van der Waals surface area (Å²) in [5.41, 5.74) is 6.29. The predicted molar refractivity (Wildman–Crippen MR) is 120 cm³/mol. The zero-order chi connectivity index (χ0) is 20.6. The Bertz CT molecular complexity index is 1040. The summed E-state index contributed by atoms with van der Waals surface area (Å²) in [5, 5.41) is 0.576. The molecule has 1 atom stereocenters. The van der Waals surface area contributed by atoms with Gasteiger partial charge in [0.15, 0.2) is 7.14 Å². The van der Waals surface area contributed by atoms with Gasteiger partial charge in [0.05, 0.1) is 12.4 Å². The number of hydrogen-bond donors (Lipinski definition) is 0. The molecule has 3 aliphatic rings. The second-order valence-electron chi connectivity index (χ2n) is 9.97. The molecule has 154 valence electrons. The van der Waals surface area contributed by atoms with E-state index in [4.69, 9.17) is 9.47 Å². The molecule has 5 rings (SSSR count). The van der Waals surface area contributed by atoms with E-state index in [0.717, 1.165) is 27.9 Å². The van der Waals surface area contributed by atoms with Crippen molar-refractivity contribution in [1.29, 1.82) is 0 Å². The summed E-state index contributed by atoms with van der Waals surface area (Å²) >= 11 is 0. The van der Waals surface area contributed by atoms with E-state index in [9.17, 15) is 4.57 Å². The van der Waals surface area contributed by atoms with Crippen LogP contribution in [0.15, 0.2) is 24.3 Å². The molecule has 3 nitrogen and oxygen atoms in total. The standard InChI is InChI=1S/C25H31O3P/c1-15-19(16-9-10-16)13-20(17-11-12-17)23(27-5)22(15)18-7-6-8-21-24(18)29(26,14-28-21)25(2,3)4/h6-8,13,16-17H,9-12,14H2,1-5H3/t29-/m0/s1. The van der Waals surface area contributed by atoms with Crippen molar-refractivity contribution in [2.45, 2.75) is 70.4 Å². The van der Waals surface area contributed by atoms with Crippen molar-refractivity contribution >= 4 is 12.4 Å². The van der Waals surface area contributed by atoms with Crippen LogP contribution in [0, 0.1) is 6.92 Å². The number of ether oxygens (including phenoxy) is 2. The average Bonchev–Trinajstić information content (AvgIpc) is 3.59. The number of hydrogen-bond acceptors (Lipinski definition) is 3. The van der Waals surface area contributed by atoms with Crippen LogP contribution < -0.4 is 14.8 Å². The molecular formula is C25H31O3P. The number of methoxy groups -OCH3 is 1. The van der Waals surface area contributed by atoms with Gasteiger partial charge in [-0.15, -0.1) is 0 Å². The minimum atomic E-state index is -2.72. The molecule has 2 aromatic rings. The van der Waals surface area contributed by atoms with E-state index in [1.807, 2.05) is 12.1 Å². The fourth-order valence-electron chi connectivity index (χ4n) is 4.83. The largest absolute Gasteiger partial charge is 0.496 e. The lowest BCUT2D eigenvalue weighted by Gasteiger charge is -2.29. The first-order valence-electron chi connectivity index (χ1n) is 10.8. The van der Waals surface area contributed by atoms with E-state index >= 15 is 0 Å². The van der Waals surface area contributed by atoms with Crippen LogP contribution in [0.4, 0.5) is 0 Å². The third-order valence-electron chi connectivity index (χ3n) is 6.96. The lowest BCUT2D eigenvalue weighted by molar-refractivity contribution is 0.389. The molecule has 1 aliphatic heterocycles. The van der Waals surface area contributed by atoms with Crippen LogP contribution in [0.1, 0.15) is 75.0 Å². The van der Waals surface area contributed by atoms with E-state index in [1.165, 1.54) is 42.4 Å². The molecule has 0 spiro atoms. The molecule has 0 amide bonds. The van der Waals surface area contributed by atoms with Gasteiger partial charge in [-0.1, -0.05) is 39.0 Å². The third kappa shape index (κ3) is 2.88. The van der Waals surface area contributed by atoms with E-state index in [-0.39, 0.29) is 5.16 Å². The molecule has 2 aliphatic carbocycles. The Morgan fingerprint density at radius 2 is 1.72 bits per heavy atom. The smallest absolute Gasteiger partial charge is 0.160 e. The Balaban J connectivity index is 1.83. The molecule has 0 N–H and O–H groups in total. The molecule has 0 aromatic heterocycles. The highest BCUT2D eigenvalue weighted by Crippen LogP contribution is 2.64. The Kier molecular flexibility index (Phi) is 4.24. The fraction of sp³-hybridized carbons (Fsp3) is 0.520. The topological polar surface area (TPSA) is 35.5 Å². The van der Waals surface area contributed by atoms with Crippen LogP contribution in [-0.2, 0) is 4.57 Å². The van der Waals surface area contributed by atoms with Crippen molar-refractivity contribution < 1.29 is 14.0 Å². The van der Waals surface area contributed by atoms with Crippen molar-refractivity contribution in [2.24, 2.45) is 0 Å². The van der Waals surface area contributed by atoms with Gasteiger partial charge in [-0.3, -0.25) is 0 Å². The van der Waals surface area contributed by atoms with Gasteiger partial charge in [-0.05, 0) is 67.2 Å². The van der Waals surface area contributed by atoms with Gasteiger partial charge in [-0.2, -0.15) is 0 Å². The summed E-state index contributed by atoms with van der Waals surface area (Å²) in [6, 6.07) is 8.55. The summed E-state index contributed by atoms with van der Waals surface area (Å²) in [7, 11) is -0.940. The molecule has 4 heteroatoms. The van der Waals surface area contributed by atoms with E-state index in [2.05, 4.69) is 39.8 Å².